The van der Waals surface area contributed by atoms with Crippen molar-refractivity contribution in [3.05, 3.63) is 35.4 Å². The highest BCUT2D eigenvalue weighted by atomic mass is 32.2. The van der Waals surface area contributed by atoms with Gasteiger partial charge in [-0.05, 0) is 25.3 Å². The second-order valence-electron chi connectivity index (χ2n) is 5.83. The molecule has 0 fully saturated rings. The Morgan fingerprint density at radius 3 is 2.29 bits per heavy atom. The molecule has 4 nitrogen and oxygen atoms in total. The third-order valence-corrected chi connectivity index (χ3v) is 5.28. The van der Waals surface area contributed by atoms with Gasteiger partial charge in [-0.2, -0.15) is 4.31 Å². The highest BCUT2D eigenvalue weighted by Gasteiger charge is 2.26. The summed E-state index contributed by atoms with van der Waals surface area (Å²) in [5.41, 5.74) is 6.95. The van der Waals surface area contributed by atoms with E-state index >= 15 is 0 Å². The highest BCUT2D eigenvalue weighted by molar-refractivity contribution is 7.88. The zero-order chi connectivity index (χ0) is 16.2. The zero-order valence-electron chi connectivity index (χ0n) is 13.0. The smallest absolute Gasteiger partial charge is 0.218 e. The molecule has 1 aromatic carbocycles. The van der Waals surface area contributed by atoms with Crippen molar-refractivity contribution >= 4 is 27.2 Å². The molecule has 0 aromatic heterocycles. The Kier molecular flexibility index (Phi) is 6.31. The molecule has 21 heavy (non-hydrogen) atoms. The summed E-state index contributed by atoms with van der Waals surface area (Å²) in [7, 11) is -3.41. The molecular formula is C15H24N2O2S2. The number of hydrogen-bond acceptors (Lipinski definition) is 3. The van der Waals surface area contributed by atoms with Crippen LogP contribution in [0.4, 0.5) is 0 Å². The first kappa shape index (κ1) is 18.1. The molecule has 0 amide bonds. The Bertz CT molecular complexity index is 595. The molecule has 0 bridgehead atoms. The number of nitrogens with zero attached hydrogens (tertiary/aromatic N) is 1. The van der Waals surface area contributed by atoms with E-state index in [1.165, 1.54) is 0 Å². The van der Waals surface area contributed by atoms with E-state index in [9.17, 15) is 8.42 Å². The number of nitrogens with two attached hydrogens (primary N) is 1. The minimum Gasteiger partial charge on any atom is -0.389 e. The topological polar surface area (TPSA) is 63.4 Å². The zero-order valence-corrected chi connectivity index (χ0v) is 14.7. The Hall–Kier alpha value is -0.980. The van der Waals surface area contributed by atoms with Crippen molar-refractivity contribution in [2.24, 2.45) is 11.7 Å². The molecule has 1 rings (SSSR count). The van der Waals surface area contributed by atoms with Crippen molar-refractivity contribution in [1.29, 1.82) is 0 Å². The number of thiocarbonyl (C=S) groups is 1. The SMILES string of the molecule is CC(C)CN(C(C)C)S(=O)(=O)Cc1ccccc1C(N)=S. The summed E-state index contributed by atoms with van der Waals surface area (Å²) in [5.74, 6) is 0.193. The minimum absolute atomic E-state index is 0.0746. The van der Waals surface area contributed by atoms with Crippen LogP contribution in [0.25, 0.3) is 0 Å². The maximum Gasteiger partial charge on any atom is 0.218 e. The first-order chi connectivity index (χ1) is 9.65. The van der Waals surface area contributed by atoms with E-state index in [1.54, 1.807) is 28.6 Å². The van der Waals surface area contributed by atoms with Gasteiger partial charge in [-0.25, -0.2) is 8.42 Å². The van der Waals surface area contributed by atoms with E-state index in [-0.39, 0.29) is 22.7 Å². The predicted octanol–water partition coefficient (Wildman–Crippen LogP) is 2.52. The van der Waals surface area contributed by atoms with Crippen LogP contribution in [0.3, 0.4) is 0 Å². The van der Waals surface area contributed by atoms with Gasteiger partial charge in [-0.1, -0.05) is 50.3 Å². The van der Waals surface area contributed by atoms with Crippen molar-refractivity contribution in [1.82, 2.24) is 4.31 Å². The fraction of sp³-hybridized carbons (Fsp3) is 0.533. The lowest BCUT2D eigenvalue weighted by atomic mass is 10.1. The molecule has 0 unspecified atom stereocenters. The van der Waals surface area contributed by atoms with Gasteiger partial charge in [-0.15, -0.1) is 0 Å². The van der Waals surface area contributed by atoms with E-state index < -0.39 is 10.0 Å². The average molecular weight is 329 g/mol. The Balaban J connectivity index is 3.12. The van der Waals surface area contributed by atoms with Crippen LogP contribution in [0.5, 0.6) is 0 Å². The average Bonchev–Trinajstić information content (AvgIpc) is 2.35. The normalized spacial score (nSPS) is 12.3. The molecule has 0 saturated heterocycles. The van der Waals surface area contributed by atoms with Gasteiger partial charge in [0.15, 0.2) is 0 Å². The van der Waals surface area contributed by atoms with Gasteiger partial charge >= 0.3 is 0 Å². The minimum atomic E-state index is -3.41. The molecule has 0 heterocycles. The summed E-state index contributed by atoms with van der Waals surface area (Å²) < 4.78 is 26.9. The molecular weight excluding hydrogens is 304 g/mol. The predicted molar refractivity (Wildman–Crippen MR) is 91.6 cm³/mol. The number of hydrogen-bond donors (Lipinski definition) is 1. The second-order valence-corrected chi connectivity index (χ2v) is 8.20. The largest absolute Gasteiger partial charge is 0.389 e. The summed E-state index contributed by atoms with van der Waals surface area (Å²) in [6.45, 7) is 8.30. The van der Waals surface area contributed by atoms with E-state index in [2.05, 4.69) is 0 Å². The lowest BCUT2D eigenvalue weighted by Gasteiger charge is -2.28. The molecule has 0 spiro atoms. The Morgan fingerprint density at radius 2 is 1.81 bits per heavy atom. The maximum absolute atomic E-state index is 12.7. The Labute approximate surface area is 133 Å². The molecule has 0 aliphatic heterocycles. The van der Waals surface area contributed by atoms with Crippen molar-refractivity contribution in [2.75, 3.05) is 6.54 Å². The van der Waals surface area contributed by atoms with Crippen LogP contribution >= 0.6 is 12.2 Å². The van der Waals surface area contributed by atoms with Crippen LogP contribution < -0.4 is 5.73 Å². The monoisotopic (exact) mass is 328 g/mol. The molecule has 6 heteroatoms. The van der Waals surface area contributed by atoms with Crippen LogP contribution in [0, 0.1) is 5.92 Å². The van der Waals surface area contributed by atoms with Crippen LogP contribution in [0.15, 0.2) is 24.3 Å². The van der Waals surface area contributed by atoms with Gasteiger partial charge < -0.3 is 5.73 Å². The van der Waals surface area contributed by atoms with Crippen molar-refractivity contribution in [3.8, 4) is 0 Å². The van der Waals surface area contributed by atoms with E-state index in [0.717, 1.165) is 0 Å². The first-order valence-corrected chi connectivity index (χ1v) is 9.04. The van der Waals surface area contributed by atoms with E-state index in [4.69, 9.17) is 18.0 Å². The summed E-state index contributed by atoms with van der Waals surface area (Å²) in [6, 6.07) is 7.05. The maximum atomic E-state index is 12.7. The van der Waals surface area contributed by atoms with Gasteiger partial charge in [0, 0.05) is 18.2 Å². The van der Waals surface area contributed by atoms with Crippen LogP contribution in [-0.2, 0) is 15.8 Å². The van der Waals surface area contributed by atoms with Gasteiger partial charge in [0.05, 0.1) is 5.75 Å². The van der Waals surface area contributed by atoms with Crippen LogP contribution in [-0.4, -0.2) is 30.3 Å². The summed E-state index contributed by atoms with van der Waals surface area (Å²) in [6.07, 6.45) is 0. The summed E-state index contributed by atoms with van der Waals surface area (Å²) in [4.78, 5) is 0.223. The highest BCUT2D eigenvalue weighted by Crippen LogP contribution is 2.18. The molecule has 0 aliphatic rings. The fourth-order valence-electron chi connectivity index (χ4n) is 2.17. The van der Waals surface area contributed by atoms with Crippen molar-refractivity contribution in [2.45, 2.75) is 39.5 Å². The van der Waals surface area contributed by atoms with Gasteiger partial charge in [0.2, 0.25) is 10.0 Å². The standard InChI is InChI=1S/C15H24N2O2S2/c1-11(2)9-17(12(3)4)21(18,19)10-13-7-5-6-8-14(13)15(16)20/h5-8,11-12H,9-10H2,1-4H3,(H2,16,20). The van der Waals surface area contributed by atoms with E-state index in [0.29, 0.717) is 17.7 Å². The van der Waals surface area contributed by atoms with Gasteiger partial charge in [0.1, 0.15) is 4.99 Å². The number of benzene rings is 1. The molecule has 0 aliphatic carbocycles. The quantitative estimate of drug-likeness (QED) is 0.781. The van der Waals surface area contributed by atoms with Crippen LogP contribution in [0.2, 0.25) is 0 Å². The lowest BCUT2D eigenvalue weighted by Crippen LogP contribution is -2.40. The second kappa shape index (κ2) is 7.33. The summed E-state index contributed by atoms with van der Waals surface area (Å²) in [5, 5.41) is 0. The van der Waals surface area contributed by atoms with Crippen molar-refractivity contribution < 1.29 is 8.42 Å². The Morgan fingerprint density at radius 1 is 1.24 bits per heavy atom. The fourth-order valence-corrected chi connectivity index (χ4v) is 4.35. The molecule has 118 valence electrons. The van der Waals surface area contributed by atoms with E-state index in [1.807, 2.05) is 27.7 Å². The number of rotatable bonds is 7. The third kappa shape index (κ3) is 5.05. The van der Waals surface area contributed by atoms with Crippen LogP contribution in [0.1, 0.15) is 38.8 Å². The molecule has 0 radical (unpaired) electrons. The first-order valence-electron chi connectivity index (χ1n) is 7.02. The van der Waals surface area contributed by atoms with Gasteiger partial charge in [-0.3, -0.25) is 0 Å². The van der Waals surface area contributed by atoms with Gasteiger partial charge in [0.25, 0.3) is 0 Å². The van der Waals surface area contributed by atoms with Crippen molar-refractivity contribution in [3.63, 3.8) is 0 Å². The lowest BCUT2D eigenvalue weighted by molar-refractivity contribution is 0.318. The number of sulfonamides is 1. The molecule has 1 aromatic rings. The summed E-state index contributed by atoms with van der Waals surface area (Å²) >= 11 is 5.00. The third-order valence-electron chi connectivity index (χ3n) is 3.10. The molecule has 0 atom stereocenters. The molecule has 0 saturated carbocycles. The molecule has 2 N–H and O–H groups in total.